The number of hydrogen-bond acceptors (Lipinski definition) is 6. The van der Waals surface area contributed by atoms with E-state index in [-0.39, 0.29) is 0 Å². The van der Waals surface area contributed by atoms with Crippen LogP contribution in [0.3, 0.4) is 0 Å². The van der Waals surface area contributed by atoms with Crippen LogP contribution >= 0.6 is 0 Å². The number of fused-ring (bicyclic) bond motifs is 3. The Morgan fingerprint density at radius 2 is 2.07 bits per heavy atom. The summed E-state index contributed by atoms with van der Waals surface area (Å²) >= 11 is 0. The molecule has 0 aromatic carbocycles. The van der Waals surface area contributed by atoms with Crippen LogP contribution in [0.4, 0.5) is 11.6 Å². The predicted molar refractivity (Wildman–Crippen MR) is 106 cm³/mol. The zero-order valence-electron chi connectivity index (χ0n) is 16.0. The average Bonchev–Trinajstić information content (AvgIpc) is 3.36. The van der Waals surface area contributed by atoms with Gasteiger partial charge in [0.05, 0.1) is 12.3 Å². The third-order valence-electron chi connectivity index (χ3n) is 6.12. The highest BCUT2D eigenvalue weighted by atomic mass is 15.2. The van der Waals surface area contributed by atoms with Gasteiger partial charge in [0, 0.05) is 49.0 Å². The van der Waals surface area contributed by atoms with Crippen molar-refractivity contribution >= 4 is 22.8 Å². The molecular formula is C20H24N8. The molecule has 0 aliphatic carbocycles. The van der Waals surface area contributed by atoms with Crippen LogP contribution in [-0.4, -0.2) is 48.3 Å². The van der Waals surface area contributed by atoms with Crippen LogP contribution in [-0.2, 0) is 0 Å². The fourth-order valence-corrected chi connectivity index (χ4v) is 4.90. The van der Waals surface area contributed by atoms with E-state index in [2.05, 4.69) is 48.3 Å². The molecule has 2 aliphatic heterocycles. The van der Waals surface area contributed by atoms with Crippen molar-refractivity contribution in [3.63, 3.8) is 0 Å². The molecular weight excluding hydrogens is 352 g/mol. The quantitative estimate of drug-likeness (QED) is 0.709. The first-order valence-corrected chi connectivity index (χ1v) is 9.96. The van der Waals surface area contributed by atoms with Gasteiger partial charge >= 0.3 is 0 Å². The van der Waals surface area contributed by atoms with Crippen LogP contribution in [0.1, 0.15) is 43.8 Å². The topological polar surface area (TPSA) is 98.5 Å². The Hall–Kier alpha value is -2.92. The summed E-state index contributed by atoms with van der Waals surface area (Å²) in [4.78, 5) is 12.0. The Morgan fingerprint density at radius 3 is 2.79 bits per heavy atom. The maximum absolute atomic E-state index is 8.94. The van der Waals surface area contributed by atoms with E-state index in [1.165, 1.54) is 12.8 Å². The molecule has 2 atom stereocenters. The van der Waals surface area contributed by atoms with Crippen molar-refractivity contribution in [1.82, 2.24) is 29.6 Å². The molecule has 0 radical (unpaired) electrons. The smallest absolute Gasteiger partial charge is 0.161 e. The lowest BCUT2D eigenvalue weighted by molar-refractivity contribution is 0.111. The van der Waals surface area contributed by atoms with E-state index < -0.39 is 0 Å². The molecule has 5 rings (SSSR count). The van der Waals surface area contributed by atoms with Gasteiger partial charge in [-0.3, -0.25) is 10.00 Å². The molecule has 2 N–H and O–H groups in total. The summed E-state index contributed by atoms with van der Waals surface area (Å²) in [6, 6.07) is 7.88. The first kappa shape index (κ1) is 17.2. The van der Waals surface area contributed by atoms with Crippen molar-refractivity contribution in [2.45, 2.75) is 57.2 Å². The Kier molecular flexibility index (Phi) is 4.24. The Morgan fingerprint density at radius 1 is 1.25 bits per heavy atom. The predicted octanol–water partition coefficient (Wildman–Crippen LogP) is 3.29. The van der Waals surface area contributed by atoms with Gasteiger partial charge in [-0.05, 0) is 38.7 Å². The van der Waals surface area contributed by atoms with Gasteiger partial charge in [0.1, 0.15) is 5.52 Å². The molecule has 0 amide bonds. The number of nitriles is 1. The maximum atomic E-state index is 8.94. The van der Waals surface area contributed by atoms with Crippen LogP contribution < -0.4 is 5.32 Å². The number of hydrogen-bond donors (Lipinski definition) is 2. The van der Waals surface area contributed by atoms with Crippen molar-refractivity contribution in [2.24, 2.45) is 0 Å². The second-order valence-corrected chi connectivity index (χ2v) is 7.90. The van der Waals surface area contributed by atoms with Crippen molar-refractivity contribution in [3.05, 3.63) is 30.2 Å². The maximum Gasteiger partial charge on any atom is 0.161 e. The molecule has 3 aromatic rings. The SMILES string of the molecule is Cc1cc(Nc2cnc3ccn(C4CC5CCC(C4)N5CCC#N)c3n2)n[nH]1. The molecule has 28 heavy (non-hydrogen) atoms. The number of piperidine rings is 1. The molecule has 2 unspecified atom stereocenters. The average molecular weight is 376 g/mol. The third-order valence-corrected chi connectivity index (χ3v) is 6.12. The second kappa shape index (κ2) is 6.91. The summed E-state index contributed by atoms with van der Waals surface area (Å²) in [5, 5.41) is 19.3. The van der Waals surface area contributed by atoms with E-state index in [1.54, 1.807) is 6.20 Å². The van der Waals surface area contributed by atoms with Gasteiger partial charge in [-0.2, -0.15) is 10.4 Å². The highest BCUT2D eigenvalue weighted by Crippen LogP contribution is 2.41. The molecule has 8 nitrogen and oxygen atoms in total. The van der Waals surface area contributed by atoms with E-state index >= 15 is 0 Å². The summed E-state index contributed by atoms with van der Waals surface area (Å²) in [5.74, 6) is 1.45. The van der Waals surface area contributed by atoms with E-state index in [4.69, 9.17) is 10.2 Å². The molecule has 144 valence electrons. The van der Waals surface area contributed by atoms with Gasteiger partial charge in [0.2, 0.25) is 0 Å². The van der Waals surface area contributed by atoms with E-state index in [0.717, 1.165) is 42.1 Å². The summed E-state index contributed by atoms with van der Waals surface area (Å²) in [5.41, 5.74) is 2.84. The van der Waals surface area contributed by atoms with Gasteiger partial charge in [-0.25, -0.2) is 9.97 Å². The molecule has 2 fully saturated rings. The molecule has 5 heterocycles. The van der Waals surface area contributed by atoms with E-state index in [1.807, 2.05) is 13.0 Å². The molecule has 3 aromatic heterocycles. The van der Waals surface area contributed by atoms with Gasteiger partial charge in [0.25, 0.3) is 0 Å². The summed E-state index contributed by atoms with van der Waals surface area (Å²) in [6.45, 7) is 2.87. The highest BCUT2D eigenvalue weighted by molar-refractivity contribution is 5.73. The second-order valence-electron chi connectivity index (χ2n) is 7.90. The van der Waals surface area contributed by atoms with Crippen LogP contribution in [0, 0.1) is 18.3 Å². The minimum absolute atomic E-state index is 0.436. The van der Waals surface area contributed by atoms with E-state index in [0.29, 0.717) is 30.4 Å². The first-order valence-electron chi connectivity index (χ1n) is 9.96. The lowest BCUT2D eigenvalue weighted by Crippen LogP contribution is -2.43. The Balaban J connectivity index is 1.39. The van der Waals surface area contributed by atoms with Crippen molar-refractivity contribution in [3.8, 4) is 6.07 Å². The molecule has 0 saturated carbocycles. The largest absolute Gasteiger partial charge is 0.328 e. The van der Waals surface area contributed by atoms with Crippen LogP contribution in [0.5, 0.6) is 0 Å². The van der Waals surface area contributed by atoms with Crippen molar-refractivity contribution in [1.29, 1.82) is 5.26 Å². The standard InChI is InChI=1S/C20H24N8/c1-13-9-18(26-25-13)23-19-12-22-17-5-8-28(20(17)24-19)16-10-14-3-4-15(11-16)27(14)7-2-6-21/h5,8-9,12,14-16H,2-4,7,10-11H2,1H3,(H2,23,24,25,26). The fourth-order valence-electron chi connectivity index (χ4n) is 4.90. The van der Waals surface area contributed by atoms with Crippen LogP contribution in [0.25, 0.3) is 11.2 Å². The van der Waals surface area contributed by atoms with E-state index in [9.17, 15) is 0 Å². The number of nitrogens with zero attached hydrogens (tertiary/aromatic N) is 6. The number of rotatable bonds is 5. The lowest BCUT2D eigenvalue weighted by atomic mass is 9.97. The van der Waals surface area contributed by atoms with Gasteiger partial charge in [0.15, 0.2) is 17.3 Å². The zero-order chi connectivity index (χ0) is 19.1. The van der Waals surface area contributed by atoms with Crippen LogP contribution in [0.15, 0.2) is 24.5 Å². The highest BCUT2D eigenvalue weighted by Gasteiger charge is 2.41. The number of aryl methyl sites for hydroxylation is 1. The van der Waals surface area contributed by atoms with Crippen LogP contribution in [0.2, 0.25) is 0 Å². The molecule has 2 bridgehead atoms. The number of anilines is 2. The van der Waals surface area contributed by atoms with Gasteiger partial charge in [-0.1, -0.05) is 0 Å². The normalized spacial score (nSPS) is 24.5. The number of nitrogens with one attached hydrogen (secondary N) is 2. The number of aromatic nitrogens is 5. The minimum atomic E-state index is 0.436. The first-order chi connectivity index (χ1) is 13.7. The number of H-pyrrole nitrogens is 1. The third kappa shape index (κ3) is 3.02. The lowest BCUT2D eigenvalue weighted by Gasteiger charge is -2.39. The molecule has 2 aliphatic rings. The summed E-state index contributed by atoms with van der Waals surface area (Å²) in [6.07, 6.45) is 9.21. The zero-order valence-corrected chi connectivity index (χ0v) is 16.0. The van der Waals surface area contributed by atoms with Gasteiger partial charge in [-0.15, -0.1) is 0 Å². The van der Waals surface area contributed by atoms with Crippen molar-refractivity contribution in [2.75, 3.05) is 11.9 Å². The summed E-state index contributed by atoms with van der Waals surface area (Å²) < 4.78 is 2.30. The summed E-state index contributed by atoms with van der Waals surface area (Å²) in [7, 11) is 0. The molecule has 2 saturated heterocycles. The molecule has 8 heteroatoms. The van der Waals surface area contributed by atoms with Crippen molar-refractivity contribution < 1.29 is 0 Å². The minimum Gasteiger partial charge on any atom is -0.328 e. The monoisotopic (exact) mass is 376 g/mol. The molecule has 0 spiro atoms. The fraction of sp³-hybridized carbons (Fsp3) is 0.500. The number of aromatic amines is 1. The Bertz CT molecular complexity index is 1010. The van der Waals surface area contributed by atoms with Gasteiger partial charge < -0.3 is 9.88 Å². The Labute approximate surface area is 163 Å².